The molecule has 0 fully saturated rings. The van der Waals surface area contributed by atoms with Crippen LogP contribution in [-0.4, -0.2) is 29.7 Å². The number of aromatic nitrogens is 2. The lowest BCUT2D eigenvalue weighted by molar-refractivity contribution is 0.198. The molecule has 1 aromatic heterocycles. The van der Waals surface area contributed by atoms with Crippen LogP contribution in [0.5, 0.6) is 11.6 Å². The highest BCUT2D eigenvalue weighted by Gasteiger charge is 2.04. The van der Waals surface area contributed by atoms with Gasteiger partial charge in [-0.2, -0.15) is 0 Å². The number of hydrogen-bond donors (Lipinski definition) is 1. The van der Waals surface area contributed by atoms with Crippen LogP contribution in [0.4, 0.5) is 4.79 Å². The van der Waals surface area contributed by atoms with Crippen LogP contribution in [0, 0.1) is 0 Å². The molecule has 0 aliphatic carbocycles. The lowest BCUT2D eigenvalue weighted by Gasteiger charge is -2.06. The molecule has 104 valence electrons. The first-order valence-corrected chi connectivity index (χ1v) is 6.12. The third-order valence-electron chi connectivity index (χ3n) is 2.59. The van der Waals surface area contributed by atoms with Crippen molar-refractivity contribution in [1.82, 2.24) is 15.3 Å². The summed E-state index contributed by atoms with van der Waals surface area (Å²) in [6, 6.07) is 9.19. The Bertz CT molecular complexity index is 543. The van der Waals surface area contributed by atoms with Crippen LogP contribution in [0.25, 0.3) is 0 Å². The van der Waals surface area contributed by atoms with E-state index in [9.17, 15) is 4.79 Å². The number of nitrogens with one attached hydrogen (secondary N) is 1. The van der Waals surface area contributed by atoms with Gasteiger partial charge >= 0.3 is 6.09 Å². The van der Waals surface area contributed by atoms with Gasteiger partial charge in [-0.15, -0.1) is 0 Å². The zero-order valence-electron chi connectivity index (χ0n) is 11.1. The number of hydrogen-bond acceptors (Lipinski definition) is 5. The second-order valence-corrected chi connectivity index (χ2v) is 3.96. The van der Waals surface area contributed by atoms with E-state index >= 15 is 0 Å². The fraction of sp³-hybridized carbons (Fsp3) is 0.214. The molecule has 0 bridgehead atoms. The molecule has 0 saturated heterocycles. The Labute approximate surface area is 116 Å². The van der Waals surface area contributed by atoms with E-state index in [0.717, 1.165) is 11.3 Å². The normalized spacial score (nSPS) is 9.85. The van der Waals surface area contributed by atoms with E-state index in [0.29, 0.717) is 13.0 Å². The molecule has 20 heavy (non-hydrogen) atoms. The first kappa shape index (κ1) is 13.8. The molecule has 1 N–H and O–H groups in total. The Morgan fingerprint density at radius 2 is 2.05 bits per heavy atom. The van der Waals surface area contributed by atoms with Gasteiger partial charge in [0.25, 0.3) is 0 Å². The topological polar surface area (TPSA) is 73.3 Å². The molecule has 1 heterocycles. The first-order chi connectivity index (χ1) is 9.78. The summed E-state index contributed by atoms with van der Waals surface area (Å²) in [5, 5.41) is 2.66. The Balaban J connectivity index is 1.73. The molecule has 0 unspecified atom stereocenters. The second-order valence-electron chi connectivity index (χ2n) is 3.96. The average molecular weight is 273 g/mol. The number of rotatable bonds is 5. The van der Waals surface area contributed by atoms with Gasteiger partial charge in [-0.3, -0.25) is 0 Å². The van der Waals surface area contributed by atoms with Crippen LogP contribution in [0.2, 0.25) is 0 Å². The number of benzene rings is 1. The molecule has 6 nitrogen and oxygen atoms in total. The minimum absolute atomic E-state index is 0.224. The van der Waals surface area contributed by atoms with E-state index in [-0.39, 0.29) is 5.88 Å². The average Bonchev–Trinajstić information content (AvgIpc) is 2.49. The van der Waals surface area contributed by atoms with Gasteiger partial charge < -0.3 is 14.8 Å². The van der Waals surface area contributed by atoms with Crippen molar-refractivity contribution in [1.29, 1.82) is 0 Å². The predicted octanol–water partition coefficient (Wildman–Crippen LogP) is 1.82. The number of carbonyl (C=O) groups excluding carboxylic acids is 1. The summed E-state index contributed by atoms with van der Waals surface area (Å²) in [6.07, 6.45) is 3.01. The molecule has 6 heteroatoms. The molecule has 0 saturated carbocycles. The smallest absolute Gasteiger partial charge is 0.413 e. The predicted molar refractivity (Wildman–Crippen MR) is 72.8 cm³/mol. The van der Waals surface area contributed by atoms with E-state index < -0.39 is 6.09 Å². The molecule has 0 spiro atoms. The SMILES string of the molecule is COc1ccc(CCNC(=O)Oc2ccncn2)cc1. The molecule has 0 radical (unpaired) electrons. The number of carbonyl (C=O) groups is 1. The van der Waals surface area contributed by atoms with E-state index in [1.165, 1.54) is 18.6 Å². The van der Waals surface area contributed by atoms with Gasteiger partial charge in [0, 0.05) is 18.8 Å². The van der Waals surface area contributed by atoms with Gasteiger partial charge in [0.15, 0.2) is 0 Å². The number of amides is 1. The summed E-state index contributed by atoms with van der Waals surface area (Å²) < 4.78 is 10.0. The summed E-state index contributed by atoms with van der Waals surface area (Å²) in [6.45, 7) is 0.482. The standard InChI is InChI=1S/C14H15N3O3/c1-19-12-4-2-11(3-5-12)6-9-16-14(18)20-13-7-8-15-10-17-13/h2-5,7-8,10H,6,9H2,1H3,(H,16,18). The molecule has 1 amide bonds. The maximum absolute atomic E-state index is 11.5. The summed E-state index contributed by atoms with van der Waals surface area (Å²) in [5.74, 6) is 1.03. The quantitative estimate of drug-likeness (QED) is 0.899. The fourth-order valence-corrected chi connectivity index (χ4v) is 1.57. The van der Waals surface area contributed by atoms with E-state index in [4.69, 9.17) is 9.47 Å². The highest BCUT2D eigenvalue weighted by molar-refractivity contribution is 5.69. The van der Waals surface area contributed by atoms with Gasteiger partial charge in [0.05, 0.1) is 7.11 Å². The highest BCUT2D eigenvalue weighted by Crippen LogP contribution is 2.11. The van der Waals surface area contributed by atoms with Crippen molar-refractivity contribution >= 4 is 6.09 Å². The fourth-order valence-electron chi connectivity index (χ4n) is 1.57. The number of methoxy groups -OCH3 is 1. The Hall–Kier alpha value is -2.63. The van der Waals surface area contributed by atoms with Gasteiger partial charge in [0.1, 0.15) is 12.1 Å². The van der Waals surface area contributed by atoms with Crippen molar-refractivity contribution in [3.05, 3.63) is 48.4 Å². The molecule has 1 aromatic carbocycles. The second kappa shape index (κ2) is 7.08. The van der Waals surface area contributed by atoms with Crippen molar-refractivity contribution in [3.8, 4) is 11.6 Å². The largest absolute Gasteiger partial charge is 0.497 e. The van der Waals surface area contributed by atoms with Gasteiger partial charge in [0.2, 0.25) is 5.88 Å². The number of ether oxygens (including phenoxy) is 2. The molecule has 0 atom stereocenters. The van der Waals surface area contributed by atoms with Crippen molar-refractivity contribution in [2.24, 2.45) is 0 Å². The zero-order valence-corrected chi connectivity index (χ0v) is 11.1. The summed E-state index contributed by atoms with van der Waals surface area (Å²) in [7, 11) is 1.62. The minimum atomic E-state index is -0.530. The van der Waals surface area contributed by atoms with Crippen LogP contribution >= 0.6 is 0 Å². The Morgan fingerprint density at radius 3 is 2.70 bits per heavy atom. The first-order valence-electron chi connectivity index (χ1n) is 6.12. The van der Waals surface area contributed by atoms with E-state index in [2.05, 4.69) is 15.3 Å². The van der Waals surface area contributed by atoms with E-state index in [1.54, 1.807) is 7.11 Å². The van der Waals surface area contributed by atoms with E-state index in [1.807, 2.05) is 24.3 Å². The molecule has 0 aliphatic heterocycles. The van der Waals surface area contributed by atoms with Gasteiger partial charge in [-0.05, 0) is 24.1 Å². The monoisotopic (exact) mass is 273 g/mol. The molecular weight excluding hydrogens is 258 g/mol. The van der Waals surface area contributed by atoms with Crippen LogP contribution in [-0.2, 0) is 6.42 Å². The number of nitrogens with zero attached hydrogens (tertiary/aromatic N) is 2. The van der Waals surface area contributed by atoms with Crippen molar-refractivity contribution in [2.75, 3.05) is 13.7 Å². The van der Waals surface area contributed by atoms with Crippen LogP contribution in [0.3, 0.4) is 0 Å². The molecule has 2 aromatic rings. The summed E-state index contributed by atoms with van der Waals surface area (Å²) >= 11 is 0. The minimum Gasteiger partial charge on any atom is -0.497 e. The zero-order chi connectivity index (χ0) is 14.2. The van der Waals surface area contributed by atoms with Crippen molar-refractivity contribution in [2.45, 2.75) is 6.42 Å². The van der Waals surface area contributed by atoms with Crippen molar-refractivity contribution in [3.63, 3.8) is 0 Å². The lowest BCUT2D eigenvalue weighted by Crippen LogP contribution is -2.29. The summed E-state index contributed by atoms with van der Waals surface area (Å²) in [4.78, 5) is 19.0. The third-order valence-corrected chi connectivity index (χ3v) is 2.59. The third kappa shape index (κ3) is 4.24. The molecular formula is C14H15N3O3. The van der Waals surface area contributed by atoms with Crippen molar-refractivity contribution < 1.29 is 14.3 Å². The van der Waals surface area contributed by atoms with Crippen LogP contribution < -0.4 is 14.8 Å². The molecule has 0 aliphatic rings. The Kier molecular flexibility index (Phi) is 4.88. The lowest BCUT2D eigenvalue weighted by atomic mass is 10.1. The summed E-state index contributed by atoms with van der Waals surface area (Å²) in [5.41, 5.74) is 1.10. The molecule has 2 rings (SSSR count). The van der Waals surface area contributed by atoms with Gasteiger partial charge in [-0.25, -0.2) is 14.8 Å². The van der Waals surface area contributed by atoms with Crippen LogP contribution in [0.15, 0.2) is 42.9 Å². The highest BCUT2D eigenvalue weighted by atomic mass is 16.6. The maximum atomic E-state index is 11.5. The maximum Gasteiger partial charge on any atom is 0.413 e. The van der Waals surface area contributed by atoms with Crippen LogP contribution in [0.1, 0.15) is 5.56 Å². The van der Waals surface area contributed by atoms with Gasteiger partial charge in [-0.1, -0.05) is 12.1 Å². The Morgan fingerprint density at radius 1 is 1.25 bits per heavy atom.